The molecular weight excluding hydrogens is 452 g/mol. The normalized spacial score (nSPS) is 26.4. The van der Waals surface area contributed by atoms with E-state index in [1.807, 2.05) is 17.0 Å². The summed E-state index contributed by atoms with van der Waals surface area (Å²) in [6.07, 6.45) is 6.38. The highest BCUT2D eigenvalue weighted by Gasteiger charge is 2.55. The number of nitrogens with one attached hydrogen (secondary N) is 1. The monoisotopic (exact) mass is 488 g/mol. The van der Waals surface area contributed by atoms with Crippen LogP contribution in [0, 0.1) is 5.92 Å². The van der Waals surface area contributed by atoms with Gasteiger partial charge in [-0.3, -0.25) is 14.5 Å². The van der Waals surface area contributed by atoms with Gasteiger partial charge >= 0.3 is 6.03 Å². The van der Waals surface area contributed by atoms with E-state index in [0.717, 1.165) is 44.2 Å². The Morgan fingerprint density at radius 3 is 2.44 bits per heavy atom. The Morgan fingerprint density at radius 1 is 1.12 bits per heavy atom. The van der Waals surface area contributed by atoms with Crippen LogP contribution >= 0.6 is 11.6 Å². The molecule has 3 saturated heterocycles. The lowest BCUT2D eigenvalue weighted by Crippen LogP contribution is -2.56. The highest BCUT2D eigenvalue weighted by atomic mass is 35.5. The molecule has 4 amide bonds. The molecule has 0 unspecified atom stereocenters. The van der Waals surface area contributed by atoms with Crippen molar-refractivity contribution in [3.05, 3.63) is 34.9 Å². The number of benzene rings is 1. The SMILES string of the molecule is CCC[C@]1(C2CCN(C(=O)Cc3ccc(Cl)cc3)CC2)NC(=O)N(CC[C@@H]2CCCN2C)C1=O. The van der Waals surface area contributed by atoms with Crippen LogP contribution in [0.3, 0.4) is 0 Å². The molecule has 186 valence electrons. The molecule has 3 aliphatic heterocycles. The van der Waals surface area contributed by atoms with Crippen molar-refractivity contribution in [3.8, 4) is 0 Å². The highest BCUT2D eigenvalue weighted by Crippen LogP contribution is 2.37. The predicted molar refractivity (Wildman–Crippen MR) is 133 cm³/mol. The maximum Gasteiger partial charge on any atom is 0.325 e. The number of rotatable bonds is 8. The molecule has 0 spiro atoms. The number of likely N-dealkylation sites (tertiary alicyclic amines) is 2. The molecule has 0 bridgehead atoms. The molecule has 1 aromatic rings. The molecule has 7 nitrogen and oxygen atoms in total. The predicted octanol–water partition coefficient (Wildman–Crippen LogP) is 3.70. The van der Waals surface area contributed by atoms with Gasteiger partial charge < -0.3 is 15.1 Å². The third kappa shape index (κ3) is 5.10. The second-order valence-electron chi connectivity index (χ2n) is 10.1. The summed E-state index contributed by atoms with van der Waals surface area (Å²) in [6, 6.07) is 7.56. The van der Waals surface area contributed by atoms with Crippen molar-refractivity contribution < 1.29 is 14.4 Å². The highest BCUT2D eigenvalue weighted by molar-refractivity contribution is 6.30. The summed E-state index contributed by atoms with van der Waals surface area (Å²) in [5.74, 6) is 0.0722. The van der Waals surface area contributed by atoms with Gasteiger partial charge in [0.25, 0.3) is 5.91 Å². The van der Waals surface area contributed by atoms with Gasteiger partial charge in [-0.05, 0) is 75.7 Å². The van der Waals surface area contributed by atoms with Gasteiger partial charge in [0.1, 0.15) is 5.54 Å². The average molecular weight is 489 g/mol. The molecule has 0 aromatic heterocycles. The van der Waals surface area contributed by atoms with Gasteiger partial charge in [0.2, 0.25) is 5.91 Å². The van der Waals surface area contributed by atoms with E-state index >= 15 is 0 Å². The fourth-order valence-corrected chi connectivity index (χ4v) is 6.15. The standard InChI is InChI=1S/C26H37ClN4O3/c1-3-13-26(24(33)31(25(34)28-26)17-12-22-5-4-14-29(22)2)20-10-15-30(16-11-20)23(32)18-19-6-8-21(27)9-7-19/h6-9,20,22H,3-5,10-18H2,1-2H3,(H,28,34)/t22-,26+/m0/s1. The number of urea groups is 1. The van der Waals surface area contributed by atoms with Gasteiger partial charge in [0, 0.05) is 30.7 Å². The van der Waals surface area contributed by atoms with E-state index < -0.39 is 5.54 Å². The zero-order valence-corrected chi connectivity index (χ0v) is 21.1. The van der Waals surface area contributed by atoms with Crippen LogP contribution in [-0.4, -0.2) is 77.4 Å². The molecule has 2 atom stereocenters. The molecule has 4 rings (SSSR count). The van der Waals surface area contributed by atoms with Crippen LogP contribution < -0.4 is 5.32 Å². The lowest BCUT2D eigenvalue weighted by Gasteiger charge is -2.41. The van der Waals surface area contributed by atoms with E-state index in [4.69, 9.17) is 11.6 Å². The van der Waals surface area contributed by atoms with E-state index in [0.29, 0.717) is 43.5 Å². The molecule has 0 aliphatic carbocycles. The van der Waals surface area contributed by atoms with Gasteiger partial charge in [-0.2, -0.15) is 0 Å². The number of imide groups is 1. The fourth-order valence-electron chi connectivity index (χ4n) is 6.02. The lowest BCUT2D eigenvalue weighted by atomic mass is 9.74. The fraction of sp³-hybridized carbons (Fsp3) is 0.654. The molecule has 1 N–H and O–H groups in total. The van der Waals surface area contributed by atoms with Crippen LogP contribution in [0.2, 0.25) is 5.02 Å². The van der Waals surface area contributed by atoms with Crippen molar-refractivity contribution in [2.24, 2.45) is 5.92 Å². The first-order valence-electron chi connectivity index (χ1n) is 12.7. The summed E-state index contributed by atoms with van der Waals surface area (Å²) in [6.45, 7) is 4.84. The number of piperidine rings is 1. The largest absolute Gasteiger partial charge is 0.342 e. The first kappa shape index (κ1) is 25.0. The molecular formula is C26H37ClN4O3. The molecule has 0 radical (unpaired) electrons. The van der Waals surface area contributed by atoms with Gasteiger partial charge in [0.15, 0.2) is 0 Å². The zero-order valence-electron chi connectivity index (χ0n) is 20.4. The van der Waals surface area contributed by atoms with Crippen molar-refractivity contribution in [1.82, 2.24) is 20.0 Å². The van der Waals surface area contributed by atoms with E-state index in [1.54, 1.807) is 12.1 Å². The Bertz CT molecular complexity index is 900. The molecule has 8 heteroatoms. The molecule has 1 aromatic carbocycles. The minimum absolute atomic E-state index is 0.0441. The van der Waals surface area contributed by atoms with E-state index in [1.165, 1.54) is 11.3 Å². The number of hydrogen-bond donors (Lipinski definition) is 1. The van der Waals surface area contributed by atoms with Crippen molar-refractivity contribution >= 4 is 29.4 Å². The third-order valence-corrected chi connectivity index (χ3v) is 8.27. The summed E-state index contributed by atoms with van der Waals surface area (Å²) in [4.78, 5) is 45.1. The summed E-state index contributed by atoms with van der Waals surface area (Å²) in [7, 11) is 2.12. The number of carbonyl (C=O) groups is 3. The van der Waals surface area contributed by atoms with Gasteiger partial charge in [-0.25, -0.2) is 4.79 Å². The van der Waals surface area contributed by atoms with Gasteiger partial charge in [-0.15, -0.1) is 0 Å². The smallest absolute Gasteiger partial charge is 0.325 e. The lowest BCUT2D eigenvalue weighted by molar-refractivity contribution is -0.136. The third-order valence-electron chi connectivity index (χ3n) is 8.02. The Balaban J connectivity index is 1.37. The number of hydrogen-bond acceptors (Lipinski definition) is 4. The maximum atomic E-state index is 13.6. The van der Waals surface area contributed by atoms with Crippen LogP contribution in [0.5, 0.6) is 0 Å². The Morgan fingerprint density at radius 2 is 1.82 bits per heavy atom. The second kappa shape index (κ2) is 10.6. The summed E-state index contributed by atoms with van der Waals surface area (Å²) in [5.41, 5.74) is 0.111. The van der Waals surface area contributed by atoms with Crippen molar-refractivity contribution in [1.29, 1.82) is 0 Å². The number of halogens is 1. The number of amides is 4. The second-order valence-corrected chi connectivity index (χ2v) is 10.6. The minimum Gasteiger partial charge on any atom is -0.342 e. The first-order valence-corrected chi connectivity index (χ1v) is 13.1. The van der Waals surface area contributed by atoms with Crippen LogP contribution in [-0.2, 0) is 16.0 Å². The Kier molecular flexibility index (Phi) is 7.83. The summed E-state index contributed by atoms with van der Waals surface area (Å²) < 4.78 is 0. The number of nitrogens with zero attached hydrogens (tertiary/aromatic N) is 3. The summed E-state index contributed by atoms with van der Waals surface area (Å²) >= 11 is 5.95. The zero-order chi connectivity index (χ0) is 24.3. The topological polar surface area (TPSA) is 73.0 Å². The van der Waals surface area contributed by atoms with E-state index in [2.05, 4.69) is 24.2 Å². The van der Waals surface area contributed by atoms with Crippen LogP contribution in [0.15, 0.2) is 24.3 Å². The minimum atomic E-state index is -0.835. The molecule has 3 heterocycles. The molecule has 3 fully saturated rings. The van der Waals surface area contributed by atoms with Crippen molar-refractivity contribution in [3.63, 3.8) is 0 Å². The van der Waals surface area contributed by atoms with E-state index in [9.17, 15) is 14.4 Å². The molecule has 34 heavy (non-hydrogen) atoms. The number of carbonyl (C=O) groups excluding carboxylic acids is 3. The van der Waals surface area contributed by atoms with Crippen LogP contribution in [0.4, 0.5) is 4.79 Å². The first-order chi connectivity index (χ1) is 16.3. The van der Waals surface area contributed by atoms with Crippen LogP contribution in [0.1, 0.15) is 57.4 Å². The maximum absolute atomic E-state index is 13.6. The Labute approximate surface area is 207 Å². The van der Waals surface area contributed by atoms with Crippen molar-refractivity contribution in [2.45, 2.75) is 69.9 Å². The Hall–Kier alpha value is -2.12. The summed E-state index contributed by atoms with van der Waals surface area (Å²) in [5, 5.41) is 3.78. The molecule has 3 aliphatic rings. The van der Waals surface area contributed by atoms with Gasteiger partial charge in [-0.1, -0.05) is 37.1 Å². The van der Waals surface area contributed by atoms with Gasteiger partial charge in [0.05, 0.1) is 6.42 Å². The molecule has 0 saturated carbocycles. The van der Waals surface area contributed by atoms with E-state index in [-0.39, 0.29) is 23.8 Å². The van der Waals surface area contributed by atoms with Crippen LogP contribution in [0.25, 0.3) is 0 Å². The average Bonchev–Trinajstić information content (AvgIpc) is 3.34. The quantitative estimate of drug-likeness (QED) is 0.566. The van der Waals surface area contributed by atoms with Crippen molar-refractivity contribution in [2.75, 3.05) is 33.2 Å².